The topological polar surface area (TPSA) is 3.88 Å². The monoisotopic (exact) mass is 949 g/mol. The zero-order chi connectivity index (χ0) is 48.4. The SMILES string of the molecule is Fc1c(F)c(F)c([B-](c2c(F)c(F)c(F)c(F)c2F)(c2c(F)c(F)c(F)c(F)c2F)c2c(F)c(F)c(F)c(F)c2F)c(F)c1F.c1ccc2cc(C[n+]3cccc4ccccc43)ccc2c1. The van der Waals surface area contributed by atoms with Crippen LogP contribution in [0.3, 0.4) is 0 Å². The molecule has 0 fully saturated rings. The van der Waals surface area contributed by atoms with Gasteiger partial charge in [0.25, 0.3) is 0 Å². The molecule has 0 spiro atoms. The maximum atomic E-state index is 15.4. The van der Waals surface area contributed by atoms with Crippen LogP contribution in [0.5, 0.6) is 0 Å². The predicted octanol–water partition coefficient (Wildman–Crippen LogP) is 10.2. The Morgan fingerprint density at radius 2 is 0.576 bits per heavy atom. The quantitative estimate of drug-likeness (QED) is 0.0514. The molecule has 7 aromatic carbocycles. The molecule has 340 valence electrons. The van der Waals surface area contributed by atoms with Crippen molar-refractivity contribution in [1.29, 1.82) is 0 Å². The average Bonchev–Trinajstić information content (AvgIpc) is 3.31. The third-order valence-corrected chi connectivity index (χ3v) is 10.7. The summed E-state index contributed by atoms with van der Waals surface area (Å²) in [5, 5.41) is 3.88. The van der Waals surface area contributed by atoms with Crippen molar-refractivity contribution in [3.8, 4) is 0 Å². The summed E-state index contributed by atoms with van der Waals surface area (Å²) >= 11 is 0. The van der Waals surface area contributed by atoms with Crippen LogP contribution in [0.15, 0.2) is 85.1 Å². The zero-order valence-corrected chi connectivity index (χ0v) is 31.9. The Morgan fingerprint density at radius 1 is 0.288 bits per heavy atom. The normalized spacial score (nSPS) is 11.7. The minimum atomic E-state index is -7.22. The van der Waals surface area contributed by atoms with Gasteiger partial charge in [-0.25, -0.2) is 87.8 Å². The van der Waals surface area contributed by atoms with E-state index in [4.69, 9.17) is 0 Å². The van der Waals surface area contributed by atoms with Crippen LogP contribution in [0.25, 0.3) is 21.7 Å². The van der Waals surface area contributed by atoms with Crippen molar-refractivity contribution in [2.75, 3.05) is 0 Å². The molecule has 0 aliphatic heterocycles. The van der Waals surface area contributed by atoms with Gasteiger partial charge in [0.15, 0.2) is 82.5 Å². The summed E-state index contributed by atoms with van der Waals surface area (Å²) in [5.41, 5.74) is -11.7. The molecular formula is C44H16BF20N. The third-order valence-electron chi connectivity index (χ3n) is 10.7. The summed E-state index contributed by atoms with van der Waals surface area (Å²) in [4.78, 5) is 0. The van der Waals surface area contributed by atoms with Crippen molar-refractivity contribution in [2.45, 2.75) is 6.54 Å². The van der Waals surface area contributed by atoms with Gasteiger partial charge in [-0.15, -0.1) is 21.9 Å². The van der Waals surface area contributed by atoms with E-state index >= 15 is 35.1 Å². The van der Waals surface area contributed by atoms with E-state index in [1.54, 1.807) is 0 Å². The second kappa shape index (κ2) is 17.4. The molecule has 66 heavy (non-hydrogen) atoms. The van der Waals surface area contributed by atoms with Crippen LogP contribution in [0, 0.1) is 116 Å². The summed E-state index contributed by atoms with van der Waals surface area (Å²) in [6.45, 7) is 0.895. The molecular weight excluding hydrogens is 933 g/mol. The van der Waals surface area contributed by atoms with E-state index in [0.29, 0.717) is 0 Å². The molecule has 1 nitrogen and oxygen atoms in total. The number of halogens is 20. The van der Waals surface area contributed by atoms with E-state index in [9.17, 15) is 52.7 Å². The van der Waals surface area contributed by atoms with Gasteiger partial charge in [0.1, 0.15) is 52.7 Å². The summed E-state index contributed by atoms with van der Waals surface area (Å²) in [6, 6.07) is 28.0. The molecule has 8 aromatic rings. The molecule has 0 saturated carbocycles. The Kier molecular flexibility index (Phi) is 12.3. The first-order chi connectivity index (χ1) is 31.1. The Labute approximate surface area is 355 Å². The van der Waals surface area contributed by atoms with Gasteiger partial charge in [-0.2, -0.15) is 4.57 Å². The highest BCUT2D eigenvalue weighted by Gasteiger charge is 2.52. The molecule has 0 bridgehead atoms. The lowest BCUT2D eigenvalue weighted by Gasteiger charge is -2.44. The molecule has 0 aliphatic carbocycles. The smallest absolute Gasteiger partial charge is 0.207 e. The molecule has 22 heteroatoms. The number of nitrogens with zero attached hydrogens (tertiary/aromatic N) is 1. The van der Waals surface area contributed by atoms with Crippen molar-refractivity contribution < 1.29 is 92.4 Å². The molecule has 0 amide bonds. The number of para-hydroxylation sites is 1. The van der Waals surface area contributed by atoms with Gasteiger partial charge in [0.2, 0.25) is 5.52 Å². The molecule has 1 heterocycles. The first-order valence-corrected chi connectivity index (χ1v) is 18.2. The van der Waals surface area contributed by atoms with Gasteiger partial charge in [-0.3, -0.25) is 0 Å². The van der Waals surface area contributed by atoms with Crippen LogP contribution in [0.4, 0.5) is 87.8 Å². The van der Waals surface area contributed by atoms with E-state index in [1.165, 1.54) is 27.2 Å². The second-order valence-corrected chi connectivity index (χ2v) is 14.2. The molecule has 0 unspecified atom stereocenters. The lowest BCUT2D eigenvalue weighted by atomic mass is 9.12. The summed E-state index contributed by atoms with van der Waals surface area (Å²) in [5.74, 6) is -71.4. The van der Waals surface area contributed by atoms with Gasteiger partial charge in [0.05, 0.1) is 0 Å². The number of pyridine rings is 1. The van der Waals surface area contributed by atoms with Crippen molar-refractivity contribution >= 4 is 49.7 Å². The lowest BCUT2D eigenvalue weighted by molar-refractivity contribution is -0.662. The minimum Gasteiger partial charge on any atom is -0.207 e. The van der Waals surface area contributed by atoms with E-state index in [0.717, 1.165) is 6.54 Å². The largest absolute Gasteiger partial charge is 0.212 e. The van der Waals surface area contributed by atoms with Crippen LogP contribution in [-0.4, -0.2) is 6.15 Å². The number of hydrogen-bond donors (Lipinski definition) is 0. The maximum Gasteiger partial charge on any atom is 0.212 e. The Bertz CT molecular complexity index is 2920. The third kappa shape index (κ3) is 7.12. The Hall–Kier alpha value is -7.13. The standard InChI is InChI=1S/C24BF20.C20H16N/c26-5-1(6(27)14(35)21(42)13(5)34)25(2-7(28)15(36)22(43)16(37)8(2)29,3-9(30)17(38)23(44)18(39)10(3)31)4-11(32)19(40)24(45)20(41)12(4)33;1-2-8-19-14-16(11-12-17(19)6-1)15-21-13-5-9-18-7-3-4-10-20(18)21/h;1-14H,15H2/q-1;+1. The summed E-state index contributed by atoms with van der Waals surface area (Å²) < 4.78 is 296. The number of fused-ring (bicyclic) bond motifs is 2. The van der Waals surface area contributed by atoms with Crippen LogP contribution < -0.4 is 26.4 Å². The fourth-order valence-electron chi connectivity index (χ4n) is 7.77. The van der Waals surface area contributed by atoms with Crippen LogP contribution >= 0.6 is 0 Å². The highest BCUT2D eigenvalue weighted by molar-refractivity contribution is 7.20. The van der Waals surface area contributed by atoms with Crippen LogP contribution in [-0.2, 0) is 6.54 Å². The minimum absolute atomic E-state index is 0.895. The van der Waals surface area contributed by atoms with Crippen LogP contribution in [0.2, 0.25) is 0 Å². The van der Waals surface area contributed by atoms with Crippen molar-refractivity contribution in [2.24, 2.45) is 0 Å². The van der Waals surface area contributed by atoms with Gasteiger partial charge in [-0.1, -0.05) is 48.5 Å². The number of aromatic nitrogens is 1. The average molecular weight is 949 g/mol. The van der Waals surface area contributed by atoms with E-state index < -0.39 is 144 Å². The molecule has 8 rings (SSSR count). The highest BCUT2D eigenvalue weighted by Crippen LogP contribution is 2.31. The van der Waals surface area contributed by atoms with Gasteiger partial charge < -0.3 is 0 Å². The van der Waals surface area contributed by atoms with E-state index in [-0.39, 0.29) is 0 Å². The van der Waals surface area contributed by atoms with E-state index in [2.05, 4.69) is 89.6 Å². The molecule has 0 atom stereocenters. The highest BCUT2D eigenvalue weighted by atomic mass is 19.2. The van der Waals surface area contributed by atoms with Crippen molar-refractivity contribution in [3.63, 3.8) is 0 Å². The Balaban J connectivity index is 0.000000254. The fraction of sp³-hybridized carbons (Fsp3) is 0.0227. The molecule has 0 N–H and O–H groups in total. The first-order valence-electron chi connectivity index (χ1n) is 18.2. The molecule has 1 aromatic heterocycles. The summed E-state index contributed by atoms with van der Waals surface area (Å²) in [6.07, 6.45) is -5.07. The maximum absolute atomic E-state index is 15.4. The zero-order valence-electron chi connectivity index (χ0n) is 31.9. The fourth-order valence-corrected chi connectivity index (χ4v) is 7.77. The molecule has 0 radical (unpaired) electrons. The Morgan fingerprint density at radius 3 is 0.939 bits per heavy atom. The van der Waals surface area contributed by atoms with Crippen molar-refractivity contribution in [1.82, 2.24) is 0 Å². The van der Waals surface area contributed by atoms with Gasteiger partial charge in [0, 0.05) is 23.1 Å². The predicted molar refractivity (Wildman–Crippen MR) is 196 cm³/mol. The lowest BCUT2D eigenvalue weighted by Crippen LogP contribution is -2.81. The van der Waals surface area contributed by atoms with Crippen molar-refractivity contribution in [3.05, 3.63) is 207 Å². The molecule has 0 aliphatic rings. The summed E-state index contributed by atoms with van der Waals surface area (Å²) in [7, 11) is 0. The number of rotatable bonds is 6. The van der Waals surface area contributed by atoms with E-state index in [1.807, 2.05) is 0 Å². The number of hydrogen-bond acceptors (Lipinski definition) is 0. The van der Waals surface area contributed by atoms with Gasteiger partial charge in [-0.05, 0) is 29.0 Å². The number of benzene rings is 7. The first kappa shape index (κ1) is 46.9. The molecule has 0 saturated heterocycles. The second-order valence-electron chi connectivity index (χ2n) is 14.2. The van der Waals surface area contributed by atoms with Gasteiger partial charge >= 0.3 is 0 Å². The van der Waals surface area contributed by atoms with Crippen LogP contribution in [0.1, 0.15) is 5.56 Å².